The van der Waals surface area contributed by atoms with Gasteiger partial charge in [-0.2, -0.15) is 0 Å². The molecule has 0 aliphatic heterocycles. The van der Waals surface area contributed by atoms with Gasteiger partial charge in [0.2, 0.25) is 5.91 Å². The summed E-state index contributed by atoms with van der Waals surface area (Å²) in [5.41, 5.74) is 0.118. The highest BCUT2D eigenvalue weighted by Crippen LogP contribution is 2.20. The molecule has 1 unspecified atom stereocenters. The summed E-state index contributed by atoms with van der Waals surface area (Å²) < 4.78 is 13.5. The molecule has 0 saturated heterocycles. The van der Waals surface area contributed by atoms with Crippen molar-refractivity contribution in [3.05, 3.63) is 40.7 Å². The molecule has 1 aromatic rings. The van der Waals surface area contributed by atoms with E-state index < -0.39 is 23.6 Å². The van der Waals surface area contributed by atoms with Crippen molar-refractivity contribution in [2.45, 2.75) is 13.8 Å². The van der Waals surface area contributed by atoms with Crippen LogP contribution < -0.4 is 5.32 Å². The predicted octanol–water partition coefficient (Wildman–Crippen LogP) is 2.97. The predicted molar refractivity (Wildman–Crippen MR) is 79.4 cm³/mol. The molecule has 0 aliphatic rings. The number of halogens is 2. The summed E-state index contributed by atoms with van der Waals surface area (Å²) in [6, 6.07) is 4.22. The second kappa shape index (κ2) is 7.78. The molecule has 0 fully saturated rings. The van der Waals surface area contributed by atoms with Gasteiger partial charge in [-0.3, -0.25) is 9.59 Å². The van der Waals surface area contributed by atoms with Gasteiger partial charge in [-0.15, -0.1) is 0 Å². The fourth-order valence-corrected chi connectivity index (χ4v) is 1.93. The van der Waals surface area contributed by atoms with Gasteiger partial charge in [0.05, 0.1) is 10.9 Å². The van der Waals surface area contributed by atoms with Crippen LogP contribution in [0.5, 0.6) is 0 Å². The largest absolute Gasteiger partial charge is 0.481 e. The third kappa shape index (κ3) is 5.19. The highest BCUT2D eigenvalue weighted by molar-refractivity contribution is 6.32. The maximum absolute atomic E-state index is 13.5. The van der Waals surface area contributed by atoms with Gasteiger partial charge in [-0.1, -0.05) is 31.5 Å². The molecular weight excluding hydrogens is 297 g/mol. The molecule has 0 radical (unpaired) electrons. The molecule has 0 bridgehead atoms. The van der Waals surface area contributed by atoms with Crippen LogP contribution in [0.15, 0.2) is 24.3 Å². The Bertz CT molecular complexity index is 538. The fraction of sp³-hybridized carbons (Fsp3) is 0.333. The molecule has 0 aliphatic carbocycles. The van der Waals surface area contributed by atoms with Crippen LogP contribution in [0.3, 0.4) is 0 Å². The van der Waals surface area contributed by atoms with Crippen molar-refractivity contribution in [2.24, 2.45) is 11.8 Å². The molecule has 21 heavy (non-hydrogen) atoms. The second-order valence-electron chi connectivity index (χ2n) is 4.90. The minimum Gasteiger partial charge on any atom is -0.481 e. The monoisotopic (exact) mass is 313 g/mol. The Morgan fingerprint density at radius 3 is 2.62 bits per heavy atom. The minimum atomic E-state index is -0.966. The summed E-state index contributed by atoms with van der Waals surface area (Å²) >= 11 is 5.82. The average Bonchev–Trinajstić information content (AvgIpc) is 2.37. The highest BCUT2D eigenvalue weighted by Gasteiger charge is 2.21. The molecule has 6 heteroatoms. The van der Waals surface area contributed by atoms with Crippen molar-refractivity contribution < 1.29 is 19.1 Å². The first kappa shape index (κ1) is 17.2. The molecule has 0 heterocycles. The van der Waals surface area contributed by atoms with Crippen molar-refractivity contribution >= 4 is 29.6 Å². The summed E-state index contributed by atoms with van der Waals surface area (Å²) in [6.45, 7) is 3.54. The van der Waals surface area contributed by atoms with Crippen molar-refractivity contribution in [1.29, 1.82) is 0 Å². The van der Waals surface area contributed by atoms with Gasteiger partial charge >= 0.3 is 5.97 Å². The Morgan fingerprint density at radius 2 is 2.10 bits per heavy atom. The van der Waals surface area contributed by atoms with Crippen LogP contribution in [-0.2, 0) is 9.59 Å². The van der Waals surface area contributed by atoms with Crippen LogP contribution in [0.2, 0.25) is 5.02 Å². The van der Waals surface area contributed by atoms with E-state index in [1.54, 1.807) is 13.8 Å². The third-order valence-corrected chi connectivity index (χ3v) is 3.35. The third-order valence-electron chi connectivity index (χ3n) is 3.02. The molecule has 2 N–H and O–H groups in total. The zero-order valence-corrected chi connectivity index (χ0v) is 12.5. The van der Waals surface area contributed by atoms with Gasteiger partial charge in [-0.25, -0.2) is 4.39 Å². The van der Waals surface area contributed by atoms with Crippen LogP contribution >= 0.6 is 11.6 Å². The molecule has 1 aromatic carbocycles. The second-order valence-corrected chi connectivity index (χ2v) is 5.31. The van der Waals surface area contributed by atoms with E-state index >= 15 is 0 Å². The topological polar surface area (TPSA) is 66.4 Å². The van der Waals surface area contributed by atoms with Crippen LogP contribution in [-0.4, -0.2) is 23.5 Å². The highest BCUT2D eigenvalue weighted by atomic mass is 35.5. The molecule has 1 atom stereocenters. The first-order valence-corrected chi connectivity index (χ1v) is 6.83. The number of carbonyl (C=O) groups is 2. The lowest BCUT2D eigenvalue weighted by atomic mass is 9.96. The Hall–Kier alpha value is -1.88. The number of carbonyl (C=O) groups excluding carboxylic acids is 1. The van der Waals surface area contributed by atoms with Crippen molar-refractivity contribution in [3.63, 3.8) is 0 Å². The molecule has 1 rings (SSSR count). The molecule has 4 nitrogen and oxygen atoms in total. The van der Waals surface area contributed by atoms with Gasteiger partial charge < -0.3 is 10.4 Å². The summed E-state index contributed by atoms with van der Waals surface area (Å²) in [5, 5.41) is 11.7. The van der Waals surface area contributed by atoms with E-state index in [2.05, 4.69) is 5.32 Å². The number of hydrogen-bond donors (Lipinski definition) is 2. The van der Waals surface area contributed by atoms with Gasteiger partial charge in [0.1, 0.15) is 5.82 Å². The lowest BCUT2D eigenvalue weighted by Crippen LogP contribution is -2.34. The van der Waals surface area contributed by atoms with Gasteiger partial charge in [0.25, 0.3) is 0 Å². The first-order valence-electron chi connectivity index (χ1n) is 6.45. The van der Waals surface area contributed by atoms with Gasteiger partial charge in [0.15, 0.2) is 0 Å². The summed E-state index contributed by atoms with van der Waals surface area (Å²) in [5.74, 6) is -2.77. The summed E-state index contributed by atoms with van der Waals surface area (Å²) in [7, 11) is 0. The number of nitrogens with one attached hydrogen (secondary N) is 1. The maximum atomic E-state index is 13.5. The number of benzene rings is 1. The van der Waals surface area contributed by atoms with Crippen molar-refractivity contribution in [3.8, 4) is 0 Å². The van der Waals surface area contributed by atoms with Crippen molar-refractivity contribution in [1.82, 2.24) is 5.32 Å². The van der Waals surface area contributed by atoms with E-state index in [1.807, 2.05) is 0 Å². The van der Waals surface area contributed by atoms with E-state index in [9.17, 15) is 14.0 Å². The van der Waals surface area contributed by atoms with Gasteiger partial charge in [0, 0.05) is 18.2 Å². The molecule has 0 spiro atoms. The minimum absolute atomic E-state index is 0.0151. The molecule has 0 saturated carbocycles. The SMILES string of the molecule is CC(C)C(CNC(=O)C=Cc1c(F)cccc1Cl)C(=O)O. The molecule has 1 amide bonds. The van der Waals surface area contributed by atoms with E-state index in [-0.39, 0.29) is 23.0 Å². The number of amides is 1. The van der Waals surface area contributed by atoms with Crippen molar-refractivity contribution in [2.75, 3.05) is 6.54 Å². The zero-order chi connectivity index (χ0) is 16.0. The Morgan fingerprint density at radius 1 is 1.43 bits per heavy atom. The normalized spacial score (nSPS) is 12.6. The van der Waals surface area contributed by atoms with Crippen LogP contribution in [0.1, 0.15) is 19.4 Å². The van der Waals surface area contributed by atoms with Gasteiger partial charge in [-0.05, 0) is 24.1 Å². The Labute approximate surface area is 127 Å². The standard InChI is InChI=1S/C15H17ClFNO3/c1-9(2)11(15(20)21)8-18-14(19)7-6-10-12(16)4-3-5-13(10)17/h3-7,9,11H,8H2,1-2H3,(H,18,19)(H,20,21). The first-order chi connectivity index (χ1) is 9.82. The van der Waals surface area contributed by atoms with Crippen LogP contribution in [0, 0.1) is 17.7 Å². The summed E-state index contributed by atoms with van der Waals surface area (Å²) in [4.78, 5) is 22.6. The van der Waals surface area contributed by atoms with Crippen LogP contribution in [0.4, 0.5) is 4.39 Å². The molecule has 114 valence electrons. The van der Waals surface area contributed by atoms with E-state index in [4.69, 9.17) is 16.7 Å². The quantitative estimate of drug-likeness (QED) is 0.793. The number of carboxylic acids is 1. The number of hydrogen-bond acceptors (Lipinski definition) is 2. The zero-order valence-electron chi connectivity index (χ0n) is 11.8. The molecule has 0 aromatic heterocycles. The van der Waals surface area contributed by atoms with E-state index in [0.29, 0.717) is 0 Å². The smallest absolute Gasteiger partial charge is 0.308 e. The molecular formula is C15H17ClFNO3. The lowest BCUT2D eigenvalue weighted by Gasteiger charge is -2.15. The van der Waals surface area contributed by atoms with Crippen LogP contribution in [0.25, 0.3) is 6.08 Å². The summed E-state index contributed by atoms with van der Waals surface area (Å²) in [6.07, 6.45) is 2.39. The maximum Gasteiger partial charge on any atom is 0.308 e. The Kier molecular flexibility index (Phi) is 6.37. The van der Waals surface area contributed by atoms with E-state index in [0.717, 1.165) is 6.08 Å². The number of rotatable bonds is 6. The average molecular weight is 314 g/mol. The fourth-order valence-electron chi connectivity index (χ4n) is 1.71. The Balaban J connectivity index is 2.66. The lowest BCUT2D eigenvalue weighted by molar-refractivity contribution is -0.143. The number of carboxylic acid groups (broad SMARTS) is 1. The number of aliphatic carboxylic acids is 1. The van der Waals surface area contributed by atoms with E-state index in [1.165, 1.54) is 24.3 Å².